The van der Waals surface area contributed by atoms with Crippen molar-refractivity contribution >= 4 is 42.1 Å². The molecule has 0 bridgehead atoms. The van der Waals surface area contributed by atoms with Gasteiger partial charge in [0.2, 0.25) is 5.91 Å². The number of carbonyl (C=O) groups is 1. The van der Waals surface area contributed by atoms with E-state index in [1.807, 2.05) is 37.3 Å². The van der Waals surface area contributed by atoms with E-state index in [4.69, 9.17) is 5.73 Å². The fourth-order valence-electron chi connectivity index (χ4n) is 1.75. The third-order valence-corrected chi connectivity index (χ3v) is 3.65. The summed E-state index contributed by atoms with van der Waals surface area (Å²) in [4.78, 5) is 17.1. The smallest absolute Gasteiger partial charge is 0.237 e. The van der Waals surface area contributed by atoms with Crippen LogP contribution in [0.4, 0.5) is 0 Å². The Bertz CT molecular complexity index is 548. The largest absolute Gasteiger partial charge is 0.350 e. The van der Waals surface area contributed by atoms with Gasteiger partial charge in [-0.25, -0.2) is 4.98 Å². The Morgan fingerprint density at radius 3 is 2.57 bits per heavy atom. The van der Waals surface area contributed by atoms with Crippen LogP contribution in [-0.2, 0) is 17.8 Å². The van der Waals surface area contributed by atoms with Crippen LogP contribution in [0.5, 0.6) is 0 Å². The lowest BCUT2D eigenvalue weighted by atomic mass is 10.1. The van der Waals surface area contributed by atoms with Gasteiger partial charge in [-0.1, -0.05) is 30.3 Å². The molecule has 1 aromatic heterocycles. The summed E-state index contributed by atoms with van der Waals surface area (Å²) in [6.07, 6.45) is 2.33. The third kappa shape index (κ3) is 6.44. The van der Waals surface area contributed by atoms with E-state index < -0.39 is 6.04 Å². The van der Waals surface area contributed by atoms with Crippen molar-refractivity contribution in [1.29, 1.82) is 0 Å². The molecular weight excluding hydrogens is 329 g/mol. The molecule has 2 rings (SSSR count). The number of amides is 1. The number of carbonyl (C=O) groups excluding carboxylic acids is 1. The SMILES string of the molecule is Cc1ncc(CNC(=O)[C@@H](N)Cc2ccccc2)s1.Cl.Cl. The van der Waals surface area contributed by atoms with Crippen LogP contribution in [0, 0.1) is 6.92 Å². The second-order valence-electron chi connectivity index (χ2n) is 4.36. The van der Waals surface area contributed by atoms with E-state index in [1.165, 1.54) is 0 Å². The number of rotatable bonds is 5. The molecule has 0 fully saturated rings. The predicted octanol–water partition coefficient (Wildman–Crippen LogP) is 2.48. The van der Waals surface area contributed by atoms with Crippen LogP contribution in [0.2, 0.25) is 0 Å². The molecule has 0 saturated heterocycles. The van der Waals surface area contributed by atoms with Gasteiger partial charge in [0.1, 0.15) is 0 Å². The molecule has 0 spiro atoms. The van der Waals surface area contributed by atoms with E-state index >= 15 is 0 Å². The van der Waals surface area contributed by atoms with Crippen LogP contribution >= 0.6 is 36.2 Å². The second kappa shape index (κ2) is 9.73. The van der Waals surface area contributed by atoms with Gasteiger partial charge < -0.3 is 11.1 Å². The Labute approximate surface area is 141 Å². The lowest BCUT2D eigenvalue weighted by Crippen LogP contribution is -2.41. The minimum Gasteiger partial charge on any atom is -0.350 e. The van der Waals surface area contributed by atoms with E-state index in [1.54, 1.807) is 17.5 Å². The van der Waals surface area contributed by atoms with Gasteiger partial charge in [0.05, 0.1) is 17.6 Å². The number of hydrogen-bond donors (Lipinski definition) is 2. The summed E-state index contributed by atoms with van der Waals surface area (Å²) in [6.45, 7) is 2.43. The van der Waals surface area contributed by atoms with Gasteiger partial charge in [0, 0.05) is 11.1 Å². The van der Waals surface area contributed by atoms with Crippen molar-refractivity contribution in [2.75, 3.05) is 0 Å². The molecule has 1 heterocycles. The van der Waals surface area contributed by atoms with Crippen molar-refractivity contribution in [1.82, 2.24) is 10.3 Å². The molecule has 0 aliphatic rings. The van der Waals surface area contributed by atoms with E-state index in [-0.39, 0.29) is 30.7 Å². The van der Waals surface area contributed by atoms with Crippen LogP contribution in [0.15, 0.2) is 36.5 Å². The molecule has 0 radical (unpaired) electrons. The molecule has 0 unspecified atom stereocenters. The van der Waals surface area contributed by atoms with Gasteiger partial charge in [-0.15, -0.1) is 36.2 Å². The molecule has 0 aliphatic carbocycles. The second-order valence-corrected chi connectivity index (χ2v) is 5.68. The van der Waals surface area contributed by atoms with E-state index in [0.29, 0.717) is 13.0 Å². The zero-order valence-corrected chi connectivity index (χ0v) is 14.1. The summed E-state index contributed by atoms with van der Waals surface area (Å²) in [5.41, 5.74) is 6.96. The first-order valence-corrected chi connectivity index (χ1v) is 6.95. The average Bonchev–Trinajstić information content (AvgIpc) is 2.83. The van der Waals surface area contributed by atoms with Crippen LogP contribution in [-0.4, -0.2) is 16.9 Å². The first-order chi connectivity index (χ1) is 9.15. The fraction of sp³-hybridized carbons (Fsp3) is 0.286. The molecule has 1 aromatic carbocycles. The molecule has 1 atom stereocenters. The van der Waals surface area contributed by atoms with Crippen molar-refractivity contribution in [3.63, 3.8) is 0 Å². The Morgan fingerprint density at radius 2 is 2.00 bits per heavy atom. The number of thiazole rings is 1. The number of nitrogens with zero attached hydrogens (tertiary/aromatic N) is 1. The Balaban J connectivity index is 0.00000200. The minimum atomic E-state index is -0.517. The van der Waals surface area contributed by atoms with Crippen molar-refractivity contribution in [2.45, 2.75) is 25.9 Å². The van der Waals surface area contributed by atoms with Crippen LogP contribution < -0.4 is 11.1 Å². The van der Waals surface area contributed by atoms with Gasteiger partial charge >= 0.3 is 0 Å². The van der Waals surface area contributed by atoms with E-state index in [9.17, 15) is 4.79 Å². The summed E-state index contributed by atoms with van der Waals surface area (Å²) in [6, 6.07) is 9.26. The monoisotopic (exact) mass is 347 g/mol. The summed E-state index contributed by atoms with van der Waals surface area (Å²) in [5.74, 6) is -0.130. The zero-order valence-electron chi connectivity index (χ0n) is 11.6. The molecule has 0 aliphatic heterocycles. The number of aromatic nitrogens is 1. The minimum absolute atomic E-state index is 0. The van der Waals surface area contributed by atoms with Gasteiger partial charge in [-0.3, -0.25) is 4.79 Å². The zero-order chi connectivity index (χ0) is 13.7. The van der Waals surface area contributed by atoms with Crippen molar-refractivity contribution < 1.29 is 4.79 Å². The molecule has 116 valence electrons. The molecule has 1 amide bonds. The van der Waals surface area contributed by atoms with Gasteiger partial charge in [-0.05, 0) is 18.9 Å². The molecular formula is C14H19Cl2N3OS. The molecule has 0 saturated carbocycles. The maximum atomic E-state index is 11.9. The highest BCUT2D eigenvalue weighted by molar-refractivity contribution is 7.11. The lowest BCUT2D eigenvalue weighted by Gasteiger charge is -2.11. The van der Waals surface area contributed by atoms with E-state index in [0.717, 1.165) is 15.4 Å². The number of nitrogens with two attached hydrogens (primary N) is 1. The van der Waals surface area contributed by atoms with Gasteiger partial charge in [0.25, 0.3) is 0 Å². The maximum absolute atomic E-state index is 11.9. The summed E-state index contributed by atoms with van der Waals surface area (Å²) >= 11 is 1.58. The first kappa shape index (κ1) is 19.9. The number of aryl methyl sites for hydroxylation is 1. The topological polar surface area (TPSA) is 68.0 Å². The van der Waals surface area contributed by atoms with Gasteiger partial charge in [-0.2, -0.15) is 0 Å². The van der Waals surface area contributed by atoms with Crippen molar-refractivity contribution in [3.8, 4) is 0 Å². The summed E-state index contributed by atoms with van der Waals surface area (Å²) in [7, 11) is 0. The number of nitrogens with one attached hydrogen (secondary N) is 1. The predicted molar refractivity (Wildman–Crippen MR) is 91.3 cm³/mol. The normalized spacial score (nSPS) is 11.0. The number of halogens is 2. The number of hydrogen-bond acceptors (Lipinski definition) is 4. The molecule has 4 nitrogen and oxygen atoms in total. The Morgan fingerprint density at radius 1 is 1.33 bits per heavy atom. The Hall–Kier alpha value is -1.14. The van der Waals surface area contributed by atoms with Crippen LogP contribution in [0.1, 0.15) is 15.4 Å². The van der Waals surface area contributed by atoms with E-state index in [2.05, 4.69) is 10.3 Å². The first-order valence-electron chi connectivity index (χ1n) is 6.13. The number of benzene rings is 1. The van der Waals surface area contributed by atoms with Crippen molar-refractivity contribution in [2.24, 2.45) is 5.73 Å². The highest BCUT2D eigenvalue weighted by atomic mass is 35.5. The Kier molecular flexibility index (Phi) is 9.21. The van der Waals surface area contributed by atoms with Crippen LogP contribution in [0.3, 0.4) is 0 Å². The molecule has 21 heavy (non-hydrogen) atoms. The highest BCUT2D eigenvalue weighted by Gasteiger charge is 2.13. The molecule has 3 N–H and O–H groups in total. The van der Waals surface area contributed by atoms with Gasteiger partial charge in [0.15, 0.2) is 0 Å². The molecule has 2 aromatic rings. The highest BCUT2D eigenvalue weighted by Crippen LogP contribution is 2.10. The fourth-order valence-corrected chi connectivity index (χ4v) is 2.49. The quantitative estimate of drug-likeness (QED) is 0.872. The summed E-state index contributed by atoms with van der Waals surface area (Å²) in [5, 5.41) is 3.84. The standard InChI is InChI=1S/C14H17N3OS.2ClH/c1-10-16-8-12(19-10)9-17-14(18)13(15)7-11-5-3-2-4-6-11;;/h2-6,8,13H,7,9,15H2,1H3,(H,17,18);2*1H/t13-;;/m0../s1. The molecule has 7 heteroatoms. The lowest BCUT2D eigenvalue weighted by molar-refractivity contribution is -0.122. The third-order valence-electron chi connectivity index (χ3n) is 2.74. The van der Waals surface area contributed by atoms with Crippen LogP contribution in [0.25, 0.3) is 0 Å². The summed E-state index contributed by atoms with van der Waals surface area (Å²) < 4.78 is 0. The van der Waals surface area contributed by atoms with Crippen molar-refractivity contribution in [3.05, 3.63) is 52.0 Å². The average molecular weight is 348 g/mol. The maximum Gasteiger partial charge on any atom is 0.237 e.